The number of piperidine rings is 1. The van der Waals surface area contributed by atoms with E-state index in [9.17, 15) is 12.8 Å². The third-order valence-electron chi connectivity index (χ3n) is 3.14. The van der Waals surface area contributed by atoms with Crippen LogP contribution >= 0.6 is 0 Å². The summed E-state index contributed by atoms with van der Waals surface area (Å²) in [6.07, 6.45) is 2.91. The van der Waals surface area contributed by atoms with Crippen LogP contribution in [0.5, 0.6) is 0 Å². The standard InChI is InChI=1S/C14H17FN2O3S/c15-13-11-12(5-4-10-18)6-7-14(13)21(19,20)16-17-8-2-1-3-9-17/h6-7,11,16,18H,1-3,8-10H2. The molecule has 0 saturated carbocycles. The molecule has 2 N–H and O–H groups in total. The summed E-state index contributed by atoms with van der Waals surface area (Å²) in [6.45, 7) is 0.917. The van der Waals surface area contributed by atoms with Crippen LogP contribution in [0.15, 0.2) is 23.1 Å². The van der Waals surface area contributed by atoms with Gasteiger partial charge in [-0.2, -0.15) is 0 Å². The van der Waals surface area contributed by atoms with E-state index in [2.05, 4.69) is 16.7 Å². The van der Waals surface area contributed by atoms with Crippen molar-refractivity contribution in [2.75, 3.05) is 19.7 Å². The van der Waals surface area contributed by atoms with Crippen LogP contribution in [0.4, 0.5) is 4.39 Å². The van der Waals surface area contributed by atoms with Gasteiger partial charge in [-0.25, -0.2) is 17.8 Å². The van der Waals surface area contributed by atoms with Gasteiger partial charge in [0.15, 0.2) is 0 Å². The van der Waals surface area contributed by atoms with Gasteiger partial charge >= 0.3 is 0 Å². The Bertz CT molecular complexity index is 659. The SMILES string of the molecule is O=S(=O)(NN1CCCCC1)c1ccc(C#CCO)cc1F. The maximum Gasteiger partial charge on any atom is 0.256 e. The fraction of sp³-hybridized carbons (Fsp3) is 0.429. The van der Waals surface area contributed by atoms with Gasteiger partial charge in [-0.15, -0.1) is 4.83 Å². The number of benzene rings is 1. The number of aliphatic hydroxyl groups excluding tert-OH is 1. The fourth-order valence-electron chi connectivity index (χ4n) is 2.14. The Hall–Kier alpha value is -1.46. The summed E-state index contributed by atoms with van der Waals surface area (Å²) in [5.41, 5.74) is 0.318. The molecule has 0 amide bonds. The molecule has 7 heteroatoms. The average molecular weight is 312 g/mol. The second-order valence-corrected chi connectivity index (χ2v) is 6.38. The number of rotatable bonds is 3. The highest BCUT2D eigenvalue weighted by Gasteiger charge is 2.23. The van der Waals surface area contributed by atoms with Gasteiger partial charge in [0.25, 0.3) is 10.0 Å². The van der Waals surface area contributed by atoms with Crippen LogP contribution in [0.2, 0.25) is 0 Å². The molecule has 0 aromatic heterocycles. The Kier molecular flexibility index (Phi) is 5.31. The number of hydrogen-bond donors (Lipinski definition) is 2. The van der Waals surface area contributed by atoms with Crippen LogP contribution in [0.25, 0.3) is 0 Å². The Morgan fingerprint density at radius 1 is 1.29 bits per heavy atom. The predicted molar refractivity (Wildman–Crippen MR) is 76.1 cm³/mol. The van der Waals surface area contributed by atoms with E-state index in [0.29, 0.717) is 18.7 Å². The van der Waals surface area contributed by atoms with Crippen LogP contribution in [0.3, 0.4) is 0 Å². The molecule has 1 fully saturated rings. The van der Waals surface area contributed by atoms with Crippen molar-refractivity contribution < 1.29 is 17.9 Å². The number of hydrazine groups is 1. The third-order valence-corrected chi connectivity index (χ3v) is 4.55. The van der Waals surface area contributed by atoms with Crippen molar-refractivity contribution in [3.8, 4) is 11.8 Å². The lowest BCUT2D eigenvalue weighted by molar-refractivity contribution is 0.199. The largest absolute Gasteiger partial charge is 0.384 e. The summed E-state index contributed by atoms with van der Waals surface area (Å²) < 4.78 is 38.3. The van der Waals surface area contributed by atoms with Gasteiger partial charge in [0, 0.05) is 18.7 Å². The first-order valence-electron chi connectivity index (χ1n) is 6.69. The maximum absolute atomic E-state index is 14.0. The number of aliphatic hydroxyl groups is 1. The van der Waals surface area contributed by atoms with Gasteiger partial charge in [0.05, 0.1) is 0 Å². The normalized spacial score (nSPS) is 16.3. The van der Waals surface area contributed by atoms with Gasteiger partial charge in [-0.3, -0.25) is 0 Å². The van der Waals surface area contributed by atoms with Gasteiger partial charge in [-0.1, -0.05) is 18.3 Å². The number of nitrogens with zero attached hydrogens (tertiary/aromatic N) is 1. The predicted octanol–water partition coefficient (Wildman–Crippen LogP) is 0.849. The van der Waals surface area contributed by atoms with Crippen molar-refractivity contribution in [1.29, 1.82) is 0 Å². The van der Waals surface area contributed by atoms with Crippen molar-refractivity contribution in [1.82, 2.24) is 9.84 Å². The molecule has 1 aromatic carbocycles. The lowest BCUT2D eigenvalue weighted by Gasteiger charge is -2.26. The first-order chi connectivity index (χ1) is 10.0. The highest BCUT2D eigenvalue weighted by molar-refractivity contribution is 7.89. The number of sulfonamides is 1. The molecule has 0 atom stereocenters. The van der Waals surface area contributed by atoms with Crippen LogP contribution in [-0.2, 0) is 10.0 Å². The molecular weight excluding hydrogens is 295 g/mol. The zero-order chi connectivity index (χ0) is 15.3. The molecule has 21 heavy (non-hydrogen) atoms. The van der Waals surface area contributed by atoms with Gasteiger partial charge in [-0.05, 0) is 31.0 Å². The minimum atomic E-state index is -3.92. The first-order valence-corrected chi connectivity index (χ1v) is 8.18. The minimum absolute atomic E-state index is 0.318. The summed E-state index contributed by atoms with van der Waals surface area (Å²) in [4.78, 5) is 2.00. The van der Waals surface area contributed by atoms with Crippen molar-refractivity contribution in [3.05, 3.63) is 29.6 Å². The number of halogens is 1. The van der Waals surface area contributed by atoms with Gasteiger partial charge < -0.3 is 5.11 Å². The Morgan fingerprint density at radius 3 is 2.62 bits per heavy atom. The quantitative estimate of drug-likeness (QED) is 0.812. The topological polar surface area (TPSA) is 69.6 Å². The molecule has 1 aliphatic heterocycles. The highest BCUT2D eigenvalue weighted by atomic mass is 32.2. The molecule has 114 valence electrons. The van der Waals surface area contributed by atoms with E-state index >= 15 is 0 Å². The second kappa shape index (κ2) is 7.00. The Morgan fingerprint density at radius 2 is 2.00 bits per heavy atom. The molecule has 0 unspecified atom stereocenters. The summed E-state index contributed by atoms with van der Waals surface area (Å²) in [7, 11) is -3.92. The van der Waals surface area contributed by atoms with Gasteiger partial charge in [0.1, 0.15) is 17.3 Å². The van der Waals surface area contributed by atoms with E-state index < -0.39 is 20.7 Å². The van der Waals surface area contributed by atoms with E-state index in [-0.39, 0.29) is 6.61 Å². The summed E-state index contributed by atoms with van der Waals surface area (Å²) in [5.74, 6) is 4.05. The monoisotopic (exact) mass is 312 g/mol. The Labute approximate surface area is 123 Å². The summed E-state index contributed by atoms with van der Waals surface area (Å²) in [6, 6.07) is 3.65. The molecule has 0 spiro atoms. The number of nitrogens with one attached hydrogen (secondary N) is 1. The third kappa shape index (κ3) is 4.25. The van der Waals surface area contributed by atoms with Crippen LogP contribution in [-0.4, -0.2) is 38.2 Å². The molecule has 1 heterocycles. The molecule has 1 aliphatic rings. The van der Waals surface area contributed by atoms with Crippen LogP contribution < -0.4 is 4.83 Å². The second-order valence-electron chi connectivity index (χ2n) is 4.75. The van der Waals surface area contributed by atoms with Crippen LogP contribution in [0, 0.1) is 17.7 Å². The van der Waals surface area contributed by atoms with Crippen molar-refractivity contribution in [3.63, 3.8) is 0 Å². The van der Waals surface area contributed by atoms with E-state index in [4.69, 9.17) is 5.11 Å². The molecule has 1 saturated heterocycles. The zero-order valence-corrected chi connectivity index (χ0v) is 12.3. The molecule has 0 aliphatic carbocycles. The van der Waals surface area contributed by atoms with Crippen molar-refractivity contribution in [2.24, 2.45) is 0 Å². The molecule has 2 rings (SSSR count). The van der Waals surface area contributed by atoms with Crippen molar-refractivity contribution in [2.45, 2.75) is 24.2 Å². The fourth-order valence-corrected chi connectivity index (χ4v) is 3.33. The molecule has 0 bridgehead atoms. The van der Waals surface area contributed by atoms with Crippen molar-refractivity contribution >= 4 is 10.0 Å². The van der Waals surface area contributed by atoms with E-state index in [1.54, 1.807) is 5.01 Å². The van der Waals surface area contributed by atoms with E-state index in [1.165, 1.54) is 12.1 Å². The van der Waals surface area contributed by atoms with Crippen LogP contribution in [0.1, 0.15) is 24.8 Å². The first kappa shape index (κ1) is 15.9. The van der Waals surface area contributed by atoms with E-state index in [0.717, 1.165) is 25.3 Å². The zero-order valence-electron chi connectivity index (χ0n) is 11.5. The Balaban J connectivity index is 2.19. The van der Waals surface area contributed by atoms with Gasteiger partial charge in [0.2, 0.25) is 0 Å². The molecule has 1 aromatic rings. The molecule has 0 radical (unpaired) electrons. The highest BCUT2D eigenvalue weighted by Crippen LogP contribution is 2.17. The number of hydrogen-bond acceptors (Lipinski definition) is 4. The summed E-state index contributed by atoms with van der Waals surface area (Å²) in [5, 5.41) is 10.2. The maximum atomic E-state index is 14.0. The molecule has 5 nitrogen and oxygen atoms in total. The lowest BCUT2D eigenvalue weighted by Crippen LogP contribution is -2.45. The minimum Gasteiger partial charge on any atom is -0.384 e. The lowest BCUT2D eigenvalue weighted by atomic mass is 10.2. The van der Waals surface area contributed by atoms with E-state index in [1.807, 2.05) is 0 Å². The molecular formula is C14H17FN2O3S. The smallest absolute Gasteiger partial charge is 0.256 e. The summed E-state index contributed by atoms with van der Waals surface area (Å²) >= 11 is 0. The average Bonchev–Trinajstić information content (AvgIpc) is 2.45.